The van der Waals surface area contributed by atoms with E-state index in [9.17, 15) is 12.8 Å². The number of nitrogens with one attached hydrogen (secondary N) is 2. The molecule has 6 aromatic rings. The molecule has 0 amide bonds. The molecule has 42 heavy (non-hydrogen) atoms. The van der Waals surface area contributed by atoms with E-state index in [1.807, 2.05) is 25.1 Å². The third-order valence-corrected chi connectivity index (χ3v) is 7.85. The zero-order valence-electron chi connectivity index (χ0n) is 23.1. The molecule has 0 saturated heterocycles. The smallest absolute Gasteiger partial charge is 0.178 e. The van der Waals surface area contributed by atoms with Gasteiger partial charge in [-0.3, -0.25) is 10.1 Å². The molecule has 0 aliphatic carbocycles. The molecule has 0 fully saturated rings. The normalized spacial score (nSPS) is 12.1. The van der Waals surface area contributed by atoms with Gasteiger partial charge in [0, 0.05) is 59.5 Å². The van der Waals surface area contributed by atoms with Gasteiger partial charge >= 0.3 is 0 Å². The zero-order valence-corrected chi connectivity index (χ0v) is 23.9. The monoisotopic (exact) mass is 587 g/mol. The summed E-state index contributed by atoms with van der Waals surface area (Å²) < 4.78 is 53.1. The summed E-state index contributed by atoms with van der Waals surface area (Å²) in [5.41, 5.74) is 5.68. The van der Waals surface area contributed by atoms with Crippen molar-refractivity contribution in [2.75, 3.05) is 26.1 Å². The molecule has 12 heteroatoms. The molecule has 0 aliphatic rings. The molecule has 2 N–H and O–H groups in total. The van der Waals surface area contributed by atoms with Gasteiger partial charge in [0.2, 0.25) is 0 Å². The quantitative estimate of drug-likeness (QED) is 0.252. The minimum Gasteiger partial charge on any atom is -0.335 e. The van der Waals surface area contributed by atoms with Crippen LogP contribution < -0.4 is 0 Å². The van der Waals surface area contributed by atoms with Gasteiger partial charge in [0.1, 0.15) is 27.2 Å². The first-order valence-electron chi connectivity index (χ1n) is 13.1. The van der Waals surface area contributed by atoms with Crippen molar-refractivity contribution in [3.8, 4) is 33.8 Å². The van der Waals surface area contributed by atoms with Gasteiger partial charge in [-0.1, -0.05) is 6.07 Å². The number of hydrogen-bond donors (Lipinski definition) is 2. The van der Waals surface area contributed by atoms with Crippen molar-refractivity contribution in [3.63, 3.8) is 0 Å². The van der Waals surface area contributed by atoms with E-state index in [1.165, 1.54) is 18.2 Å². The predicted octanol–water partition coefficient (Wildman–Crippen LogP) is 5.16. The second kappa shape index (κ2) is 10.7. The van der Waals surface area contributed by atoms with Crippen LogP contribution in [-0.4, -0.2) is 69.6 Å². The Balaban J connectivity index is 1.42. The van der Waals surface area contributed by atoms with Gasteiger partial charge in [0.15, 0.2) is 11.5 Å². The number of aromatic amines is 2. The van der Waals surface area contributed by atoms with E-state index >= 15 is 4.39 Å². The maximum absolute atomic E-state index is 15.2. The molecular formula is C30H27F2N7O2S. The standard InChI is InChI=1S/C30H27F2N7O2S/c1-39(2)16-18-9-20(15-33-14-18)23-12-24-26(13-25(23)32)37-38-28(24)30-35-27-22(4-6-34-29(27)36-30)19-8-17(10-21(31)11-19)5-7-42(3,40)41/h4,6,8-15H,5,7,16H2,1-3H3,(H,37,38)(H,34,35,36). The summed E-state index contributed by atoms with van der Waals surface area (Å²) in [6.45, 7) is 0.667. The van der Waals surface area contributed by atoms with Crippen LogP contribution in [0.2, 0.25) is 0 Å². The first-order chi connectivity index (χ1) is 20.0. The Morgan fingerprint density at radius 3 is 2.55 bits per heavy atom. The number of benzene rings is 2. The zero-order chi connectivity index (χ0) is 29.6. The summed E-state index contributed by atoms with van der Waals surface area (Å²) in [6.07, 6.45) is 6.31. The van der Waals surface area contributed by atoms with Crippen LogP contribution in [-0.2, 0) is 22.8 Å². The lowest BCUT2D eigenvalue weighted by Gasteiger charge is -2.11. The number of aryl methyl sites for hydroxylation is 1. The highest BCUT2D eigenvalue weighted by molar-refractivity contribution is 7.90. The highest BCUT2D eigenvalue weighted by Crippen LogP contribution is 2.34. The van der Waals surface area contributed by atoms with Gasteiger partial charge in [-0.05, 0) is 67.5 Å². The highest BCUT2D eigenvalue weighted by Gasteiger charge is 2.19. The molecular weight excluding hydrogens is 560 g/mol. The summed E-state index contributed by atoms with van der Waals surface area (Å²) in [7, 11) is 0.705. The molecule has 0 aliphatic heterocycles. The molecule has 0 spiro atoms. The van der Waals surface area contributed by atoms with E-state index in [2.05, 4.69) is 30.1 Å². The molecule has 0 radical (unpaired) electrons. The van der Waals surface area contributed by atoms with Gasteiger partial charge in [0.25, 0.3) is 0 Å². The van der Waals surface area contributed by atoms with Crippen molar-refractivity contribution in [3.05, 3.63) is 83.8 Å². The number of imidazole rings is 1. The lowest BCUT2D eigenvalue weighted by atomic mass is 10.0. The second-order valence-electron chi connectivity index (χ2n) is 10.6. The maximum Gasteiger partial charge on any atom is 0.178 e. The summed E-state index contributed by atoms with van der Waals surface area (Å²) in [6, 6.07) is 11.3. The van der Waals surface area contributed by atoms with Crippen molar-refractivity contribution < 1.29 is 17.2 Å². The number of sulfone groups is 1. The molecule has 0 bridgehead atoms. The molecule has 6 rings (SSSR count). The number of hydrogen-bond acceptors (Lipinski definition) is 7. The Morgan fingerprint density at radius 1 is 0.952 bits per heavy atom. The fraction of sp³-hybridized carbons (Fsp3) is 0.200. The molecule has 0 atom stereocenters. The van der Waals surface area contributed by atoms with Crippen LogP contribution in [0.5, 0.6) is 0 Å². The SMILES string of the molecule is CN(C)Cc1cncc(-c2cc3c(-c4nc5nccc(-c6cc(F)cc(CCS(C)(=O)=O)c6)c5[nH]4)n[nH]c3cc2F)c1. The van der Waals surface area contributed by atoms with Gasteiger partial charge in [-0.25, -0.2) is 27.2 Å². The Hall–Kier alpha value is -4.55. The number of fused-ring (bicyclic) bond motifs is 2. The number of aromatic nitrogens is 6. The molecule has 0 saturated carbocycles. The van der Waals surface area contributed by atoms with Crippen LogP contribution in [0.3, 0.4) is 0 Å². The maximum atomic E-state index is 15.2. The second-order valence-corrected chi connectivity index (χ2v) is 12.9. The van der Waals surface area contributed by atoms with Gasteiger partial charge in [-0.2, -0.15) is 5.10 Å². The van der Waals surface area contributed by atoms with Crippen molar-refractivity contribution in [1.29, 1.82) is 0 Å². The Bertz CT molecular complexity index is 2070. The van der Waals surface area contributed by atoms with Crippen molar-refractivity contribution in [2.45, 2.75) is 13.0 Å². The number of pyridine rings is 2. The number of rotatable bonds is 8. The van der Waals surface area contributed by atoms with E-state index in [1.54, 1.807) is 36.8 Å². The Labute approximate surface area is 240 Å². The predicted molar refractivity (Wildman–Crippen MR) is 158 cm³/mol. The van der Waals surface area contributed by atoms with Crippen LogP contribution in [0.4, 0.5) is 8.78 Å². The van der Waals surface area contributed by atoms with E-state index in [0.29, 0.717) is 67.9 Å². The third kappa shape index (κ3) is 5.63. The molecule has 9 nitrogen and oxygen atoms in total. The molecule has 214 valence electrons. The number of halogens is 2. The number of nitrogens with zero attached hydrogens (tertiary/aromatic N) is 5. The van der Waals surface area contributed by atoms with Crippen LogP contribution in [0.1, 0.15) is 11.1 Å². The fourth-order valence-corrected chi connectivity index (χ4v) is 5.65. The largest absolute Gasteiger partial charge is 0.335 e. The lowest BCUT2D eigenvalue weighted by molar-refractivity contribution is 0.402. The molecule has 4 heterocycles. The van der Waals surface area contributed by atoms with Crippen LogP contribution >= 0.6 is 0 Å². The summed E-state index contributed by atoms with van der Waals surface area (Å²) >= 11 is 0. The van der Waals surface area contributed by atoms with Crippen molar-refractivity contribution in [2.24, 2.45) is 0 Å². The minimum atomic E-state index is -3.21. The fourth-order valence-electron chi connectivity index (χ4n) is 5.04. The average molecular weight is 588 g/mol. The van der Waals surface area contributed by atoms with Gasteiger partial charge in [0.05, 0.1) is 16.8 Å². The van der Waals surface area contributed by atoms with E-state index < -0.39 is 21.5 Å². The molecule has 4 aromatic heterocycles. The topological polar surface area (TPSA) is 121 Å². The van der Waals surface area contributed by atoms with Crippen molar-refractivity contribution in [1.82, 2.24) is 35.0 Å². The Kier molecular flexibility index (Phi) is 7.03. The first-order valence-corrected chi connectivity index (χ1v) is 15.2. The van der Waals surface area contributed by atoms with E-state index in [0.717, 1.165) is 11.8 Å². The van der Waals surface area contributed by atoms with Crippen LogP contribution in [0, 0.1) is 11.6 Å². The average Bonchev–Trinajstić information content (AvgIpc) is 3.54. The molecule has 2 aromatic carbocycles. The van der Waals surface area contributed by atoms with Crippen LogP contribution in [0.25, 0.3) is 55.8 Å². The Morgan fingerprint density at radius 2 is 1.76 bits per heavy atom. The van der Waals surface area contributed by atoms with Crippen LogP contribution in [0.15, 0.2) is 61.1 Å². The summed E-state index contributed by atoms with van der Waals surface area (Å²) in [4.78, 5) is 18.6. The molecule has 0 unspecified atom stereocenters. The minimum absolute atomic E-state index is 0.0827. The number of H-pyrrole nitrogens is 2. The third-order valence-electron chi connectivity index (χ3n) is 6.90. The first kappa shape index (κ1) is 27.6. The highest BCUT2D eigenvalue weighted by atomic mass is 32.2. The van der Waals surface area contributed by atoms with Gasteiger partial charge < -0.3 is 9.88 Å². The lowest BCUT2D eigenvalue weighted by Crippen LogP contribution is -2.10. The van der Waals surface area contributed by atoms with Crippen molar-refractivity contribution >= 4 is 31.9 Å². The van der Waals surface area contributed by atoms with Gasteiger partial charge in [-0.15, -0.1) is 0 Å². The van der Waals surface area contributed by atoms with E-state index in [4.69, 9.17) is 0 Å². The summed E-state index contributed by atoms with van der Waals surface area (Å²) in [5, 5.41) is 7.95. The summed E-state index contributed by atoms with van der Waals surface area (Å²) in [5.74, 6) is -0.562. The van der Waals surface area contributed by atoms with E-state index in [-0.39, 0.29) is 12.2 Å².